The van der Waals surface area contributed by atoms with Crippen LogP contribution in [0.4, 0.5) is 11.6 Å². The number of benzene rings is 1. The van der Waals surface area contributed by atoms with E-state index in [0.717, 1.165) is 13.0 Å². The van der Waals surface area contributed by atoms with E-state index in [4.69, 9.17) is 23.2 Å². The normalized spacial score (nSPS) is 10.7. The smallest absolute Gasteiger partial charge is 0.274 e. The van der Waals surface area contributed by atoms with E-state index in [1.807, 2.05) is 0 Å². The number of halogens is 2. The number of carbonyl (C=O) groups excluding carboxylic acids is 1. The molecule has 5 nitrogen and oxygen atoms in total. The Morgan fingerprint density at radius 1 is 1.22 bits per heavy atom. The lowest BCUT2D eigenvalue weighted by atomic mass is 10.1. The van der Waals surface area contributed by atoms with E-state index in [1.165, 1.54) is 0 Å². The van der Waals surface area contributed by atoms with Gasteiger partial charge in [0.1, 0.15) is 5.69 Å². The van der Waals surface area contributed by atoms with Crippen molar-refractivity contribution >= 4 is 40.7 Å². The van der Waals surface area contributed by atoms with Gasteiger partial charge in [-0.2, -0.15) is 0 Å². The summed E-state index contributed by atoms with van der Waals surface area (Å²) in [5, 5.41) is 6.73. The maximum Gasteiger partial charge on any atom is 0.274 e. The molecule has 2 N–H and O–H groups in total. The number of carbonyl (C=O) groups is 1. The van der Waals surface area contributed by atoms with Crippen molar-refractivity contribution in [1.82, 2.24) is 9.97 Å². The first kappa shape index (κ1) is 17.5. The SMILES string of the molecule is CC(C)CCNc1nccc(C(=O)Nc2cc(Cl)cc(Cl)c2)n1. The Morgan fingerprint density at radius 3 is 2.57 bits per heavy atom. The fourth-order valence-electron chi connectivity index (χ4n) is 1.86. The van der Waals surface area contributed by atoms with Crippen molar-refractivity contribution in [3.63, 3.8) is 0 Å². The highest BCUT2D eigenvalue weighted by molar-refractivity contribution is 6.35. The summed E-state index contributed by atoms with van der Waals surface area (Å²) in [6.45, 7) is 5.04. The Balaban J connectivity index is 2.04. The minimum atomic E-state index is -0.349. The second-order valence-corrected chi connectivity index (χ2v) is 6.36. The van der Waals surface area contributed by atoms with Crippen molar-refractivity contribution in [2.24, 2.45) is 5.92 Å². The lowest BCUT2D eigenvalue weighted by Crippen LogP contribution is -2.16. The van der Waals surface area contributed by atoms with Crippen molar-refractivity contribution in [3.8, 4) is 0 Å². The lowest BCUT2D eigenvalue weighted by molar-refractivity contribution is 0.102. The Bertz CT molecular complexity index is 671. The van der Waals surface area contributed by atoms with Crippen LogP contribution in [0, 0.1) is 5.92 Å². The molecule has 0 bridgehead atoms. The van der Waals surface area contributed by atoms with Crippen LogP contribution in [0.1, 0.15) is 30.8 Å². The van der Waals surface area contributed by atoms with Crippen LogP contribution in [-0.4, -0.2) is 22.4 Å². The number of nitrogens with zero attached hydrogens (tertiary/aromatic N) is 2. The van der Waals surface area contributed by atoms with Gasteiger partial charge in [-0.15, -0.1) is 0 Å². The fourth-order valence-corrected chi connectivity index (χ4v) is 2.39. The van der Waals surface area contributed by atoms with Gasteiger partial charge < -0.3 is 10.6 Å². The van der Waals surface area contributed by atoms with Crippen molar-refractivity contribution < 1.29 is 4.79 Å². The molecule has 0 fully saturated rings. The molecule has 0 radical (unpaired) electrons. The highest BCUT2D eigenvalue weighted by atomic mass is 35.5. The Kier molecular flexibility index (Phi) is 6.19. The van der Waals surface area contributed by atoms with E-state index in [1.54, 1.807) is 30.5 Å². The fraction of sp³-hybridized carbons (Fsp3) is 0.312. The van der Waals surface area contributed by atoms with E-state index in [2.05, 4.69) is 34.4 Å². The van der Waals surface area contributed by atoms with E-state index >= 15 is 0 Å². The van der Waals surface area contributed by atoms with Crippen LogP contribution in [0.15, 0.2) is 30.5 Å². The zero-order chi connectivity index (χ0) is 16.8. The number of hydrogen-bond donors (Lipinski definition) is 2. The molecule has 0 saturated carbocycles. The van der Waals surface area contributed by atoms with E-state index in [-0.39, 0.29) is 11.6 Å². The third kappa shape index (κ3) is 5.69. The molecule has 0 aliphatic rings. The average molecular weight is 353 g/mol. The molecule has 7 heteroatoms. The summed E-state index contributed by atoms with van der Waals surface area (Å²) in [7, 11) is 0. The predicted octanol–water partition coefficient (Wildman–Crippen LogP) is 4.49. The zero-order valence-electron chi connectivity index (χ0n) is 12.9. The van der Waals surface area contributed by atoms with Gasteiger partial charge in [0, 0.05) is 28.5 Å². The Morgan fingerprint density at radius 2 is 1.91 bits per heavy atom. The molecule has 0 atom stereocenters. The van der Waals surface area contributed by atoms with Crippen LogP contribution in [0.5, 0.6) is 0 Å². The highest BCUT2D eigenvalue weighted by Gasteiger charge is 2.10. The topological polar surface area (TPSA) is 66.9 Å². The number of amides is 1. The molecule has 0 aliphatic carbocycles. The molecule has 0 spiro atoms. The molecule has 1 aromatic carbocycles. The van der Waals surface area contributed by atoms with Crippen LogP contribution in [-0.2, 0) is 0 Å². The number of nitrogens with one attached hydrogen (secondary N) is 2. The largest absolute Gasteiger partial charge is 0.354 e. The van der Waals surface area contributed by atoms with Crippen molar-refractivity contribution in [2.75, 3.05) is 17.2 Å². The summed E-state index contributed by atoms with van der Waals surface area (Å²) in [5.74, 6) is 0.668. The van der Waals surface area contributed by atoms with Crippen molar-refractivity contribution in [1.29, 1.82) is 0 Å². The lowest BCUT2D eigenvalue weighted by Gasteiger charge is -2.09. The second-order valence-electron chi connectivity index (χ2n) is 5.49. The predicted molar refractivity (Wildman–Crippen MR) is 94.4 cm³/mol. The molecule has 0 aliphatic heterocycles. The molecule has 1 aromatic heterocycles. The summed E-state index contributed by atoms with van der Waals surface area (Å²) in [4.78, 5) is 20.6. The number of hydrogen-bond acceptors (Lipinski definition) is 4. The Hall–Kier alpha value is -1.85. The molecule has 2 rings (SSSR count). The minimum absolute atomic E-state index is 0.267. The molecule has 1 heterocycles. The summed E-state index contributed by atoms with van der Waals surface area (Å²) < 4.78 is 0. The van der Waals surface area contributed by atoms with Crippen LogP contribution in [0.3, 0.4) is 0 Å². The molecule has 1 amide bonds. The second kappa shape index (κ2) is 8.13. The van der Waals surface area contributed by atoms with Gasteiger partial charge in [-0.05, 0) is 36.6 Å². The number of anilines is 2. The maximum atomic E-state index is 12.3. The van der Waals surface area contributed by atoms with Gasteiger partial charge in [0.25, 0.3) is 5.91 Å². The van der Waals surface area contributed by atoms with Gasteiger partial charge >= 0.3 is 0 Å². The average Bonchev–Trinajstić information content (AvgIpc) is 2.46. The van der Waals surface area contributed by atoms with E-state index in [9.17, 15) is 4.79 Å². The van der Waals surface area contributed by atoms with Gasteiger partial charge in [0.05, 0.1) is 0 Å². The van der Waals surface area contributed by atoms with Crippen LogP contribution in [0.2, 0.25) is 10.0 Å². The monoisotopic (exact) mass is 352 g/mol. The van der Waals surface area contributed by atoms with E-state index < -0.39 is 0 Å². The summed E-state index contributed by atoms with van der Waals surface area (Å²) in [5.41, 5.74) is 0.781. The zero-order valence-corrected chi connectivity index (χ0v) is 14.4. The first-order valence-corrected chi connectivity index (χ1v) is 8.04. The minimum Gasteiger partial charge on any atom is -0.354 e. The van der Waals surface area contributed by atoms with Crippen molar-refractivity contribution in [3.05, 3.63) is 46.2 Å². The maximum absolute atomic E-state index is 12.3. The third-order valence-electron chi connectivity index (χ3n) is 3.01. The molecule has 0 unspecified atom stereocenters. The van der Waals surface area contributed by atoms with Gasteiger partial charge in [-0.25, -0.2) is 9.97 Å². The van der Waals surface area contributed by atoms with Crippen molar-refractivity contribution in [2.45, 2.75) is 20.3 Å². The quantitative estimate of drug-likeness (QED) is 0.803. The van der Waals surface area contributed by atoms with Crippen LogP contribution in [0.25, 0.3) is 0 Å². The third-order valence-corrected chi connectivity index (χ3v) is 3.45. The molecular formula is C16H18Cl2N4O. The van der Waals surface area contributed by atoms with Gasteiger partial charge in [-0.1, -0.05) is 37.0 Å². The summed E-state index contributed by atoms with van der Waals surface area (Å²) in [6.07, 6.45) is 2.55. The molecular weight excluding hydrogens is 335 g/mol. The first-order valence-electron chi connectivity index (χ1n) is 7.28. The van der Waals surface area contributed by atoms with Gasteiger partial charge in [-0.3, -0.25) is 4.79 Å². The van der Waals surface area contributed by atoms with Gasteiger partial charge in [0.15, 0.2) is 0 Å². The summed E-state index contributed by atoms with van der Waals surface area (Å²) in [6, 6.07) is 6.39. The molecule has 23 heavy (non-hydrogen) atoms. The number of aromatic nitrogens is 2. The standard InChI is InChI=1S/C16H18Cl2N4O/c1-10(2)3-5-19-16-20-6-4-14(22-16)15(23)21-13-8-11(17)7-12(18)9-13/h4,6-10H,3,5H2,1-2H3,(H,21,23)(H,19,20,22). The van der Waals surface area contributed by atoms with Gasteiger partial charge in [0.2, 0.25) is 5.95 Å². The molecule has 2 aromatic rings. The van der Waals surface area contributed by atoms with E-state index in [0.29, 0.717) is 27.6 Å². The molecule has 0 saturated heterocycles. The van der Waals surface area contributed by atoms with Crippen LogP contribution >= 0.6 is 23.2 Å². The molecule has 122 valence electrons. The van der Waals surface area contributed by atoms with Crippen LogP contribution < -0.4 is 10.6 Å². The Labute approximate surface area is 145 Å². The first-order chi connectivity index (χ1) is 10.9. The number of rotatable bonds is 6. The summed E-state index contributed by atoms with van der Waals surface area (Å²) >= 11 is 11.8. The highest BCUT2D eigenvalue weighted by Crippen LogP contribution is 2.22.